The molecule has 0 radical (unpaired) electrons. The number of amides is 1. The first kappa shape index (κ1) is 20.2. The van der Waals surface area contributed by atoms with Gasteiger partial charge in [-0.05, 0) is 31.5 Å². The van der Waals surface area contributed by atoms with Gasteiger partial charge in [-0.1, -0.05) is 66.2 Å². The fourth-order valence-corrected chi connectivity index (χ4v) is 4.54. The third-order valence-corrected chi connectivity index (χ3v) is 6.19. The summed E-state index contributed by atoms with van der Waals surface area (Å²) in [5.74, 6) is 0.0234. The van der Waals surface area contributed by atoms with Crippen LogP contribution in [0, 0.1) is 13.8 Å². The highest BCUT2D eigenvalue weighted by atomic mass is 16.2. The maximum atomic E-state index is 13.8. The Hall–Kier alpha value is -3.73. The fraction of sp³-hybridized carbons (Fsp3) is 0.222. The van der Waals surface area contributed by atoms with Crippen LogP contribution in [0.3, 0.4) is 0 Å². The molecule has 1 aromatic heterocycles. The van der Waals surface area contributed by atoms with E-state index < -0.39 is 0 Å². The Balaban J connectivity index is 1.46. The quantitative estimate of drug-likeness (QED) is 0.472. The molecule has 32 heavy (non-hydrogen) atoms. The molecular weight excluding hydrogens is 396 g/mol. The molecular formula is C27H26N4O. The number of carbonyl (C=O) groups is 1. The molecule has 1 fully saturated rings. The van der Waals surface area contributed by atoms with Crippen LogP contribution in [-0.2, 0) is 0 Å². The van der Waals surface area contributed by atoms with E-state index in [1.165, 1.54) is 16.8 Å². The van der Waals surface area contributed by atoms with Crippen molar-refractivity contribution in [1.82, 2.24) is 15.1 Å². The van der Waals surface area contributed by atoms with Gasteiger partial charge in [0, 0.05) is 42.8 Å². The van der Waals surface area contributed by atoms with Gasteiger partial charge in [-0.15, -0.1) is 10.2 Å². The number of aryl methyl sites for hydroxylation is 2. The maximum absolute atomic E-state index is 13.8. The van der Waals surface area contributed by atoms with Gasteiger partial charge in [-0.25, -0.2) is 0 Å². The van der Waals surface area contributed by atoms with E-state index in [-0.39, 0.29) is 5.91 Å². The number of benzene rings is 3. The summed E-state index contributed by atoms with van der Waals surface area (Å²) in [6.45, 7) is 7.25. The van der Waals surface area contributed by atoms with E-state index in [9.17, 15) is 4.79 Å². The number of fused-ring (bicyclic) bond motifs is 1. The number of carbonyl (C=O) groups excluding carboxylic acids is 1. The Labute approximate surface area is 188 Å². The summed E-state index contributed by atoms with van der Waals surface area (Å²) in [6.07, 6.45) is 0. The summed E-state index contributed by atoms with van der Waals surface area (Å²) in [4.78, 5) is 18.1. The number of piperazine rings is 1. The lowest BCUT2D eigenvalue weighted by Gasteiger charge is -2.37. The first-order valence-corrected chi connectivity index (χ1v) is 11.0. The Bertz CT molecular complexity index is 1280. The third-order valence-electron chi connectivity index (χ3n) is 6.19. The van der Waals surface area contributed by atoms with Crippen LogP contribution < -0.4 is 4.90 Å². The monoisotopic (exact) mass is 422 g/mol. The molecule has 0 saturated carbocycles. The lowest BCUT2D eigenvalue weighted by atomic mass is 10.0. The molecule has 5 rings (SSSR count). The Morgan fingerprint density at radius 2 is 1.53 bits per heavy atom. The molecule has 0 bridgehead atoms. The highest BCUT2D eigenvalue weighted by Gasteiger charge is 2.27. The van der Waals surface area contributed by atoms with Crippen molar-refractivity contribution in [3.8, 4) is 11.3 Å². The predicted molar refractivity (Wildman–Crippen MR) is 129 cm³/mol. The molecule has 1 amide bonds. The topological polar surface area (TPSA) is 49.3 Å². The Morgan fingerprint density at radius 3 is 2.28 bits per heavy atom. The van der Waals surface area contributed by atoms with Crippen LogP contribution in [0.2, 0.25) is 0 Å². The standard InChI is InChI=1S/C27H26N4O/c1-19-12-13-24(20(2)18-19)30-14-16-31(17-15-30)27(32)25-22-10-6-7-11-23(22)28-29-26(25)21-8-4-3-5-9-21/h3-13,18H,14-17H2,1-2H3. The molecule has 2 heterocycles. The van der Waals surface area contributed by atoms with Crippen molar-refractivity contribution in [2.45, 2.75) is 13.8 Å². The number of hydrogen-bond donors (Lipinski definition) is 0. The average molecular weight is 423 g/mol. The SMILES string of the molecule is Cc1ccc(N2CCN(C(=O)c3c(-c4ccccc4)nnc4ccccc34)CC2)c(C)c1. The Morgan fingerprint density at radius 1 is 0.812 bits per heavy atom. The van der Waals surface area contributed by atoms with Crippen LogP contribution in [0.25, 0.3) is 22.2 Å². The number of rotatable bonds is 3. The summed E-state index contributed by atoms with van der Waals surface area (Å²) in [5.41, 5.74) is 6.73. The van der Waals surface area contributed by atoms with E-state index in [4.69, 9.17) is 0 Å². The summed E-state index contributed by atoms with van der Waals surface area (Å²) in [6, 6.07) is 24.2. The molecule has 1 aliphatic heterocycles. The van der Waals surface area contributed by atoms with E-state index in [0.717, 1.165) is 29.6 Å². The van der Waals surface area contributed by atoms with E-state index >= 15 is 0 Å². The minimum Gasteiger partial charge on any atom is -0.368 e. The van der Waals surface area contributed by atoms with Crippen LogP contribution >= 0.6 is 0 Å². The van der Waals surface area contributed by atoms with Crippen LogP contribution in [0.5, 0.6) is 0 Å². The van der Waals surface area contributed by atoms with Crippen molar-refractivity contribution in [1.29, 1.82) is 0 Å². The molecule has 1 aliphatic rings. The average Bonchev–Trinajstić information content (AvgIpc) is 2.83. The van der Waals surface area contributed by atoms with Gasteiger partial charge in [-0.2, -0.15) is 0 Å². The summed E-state index contributed by atoms with van der Waals surface area (Å²) in [5, 5.41) is 9.70. The minimum absolute atomic E-state index is 0.0234. The zero-order valence-electron chi connectivity index (χ0n) is 18.5. The van der Waals surface area contributed by atoms with Gasteiger partial charge in [0.05, 0.1) is 11.1 Å². The van der Waals surface area contributed by atoms with E-state index in [0.29, 0.717) is 24.3 Å². The molecule has 4 aromatic rings. The molecule has 0 N–H and O–H groups in total. The molecule has 160 valence electrons. The maximum Gasteiger partial charge on any atom is 0.256 e. The summed E-state index contributed by atoms with van der Waals surface area (Å²) in [7, 11) is 0. The lowest BCUT2D eigenvalue weighted by molar-refractivity contribution is 0.0749. The predicted octanol–water partition coefficient (Wildman–Crippen LogP) is 4.88. The lowest BCUT2D eigenvalue weighted by Crippen LogP contribution is -2.49. The zero-order chi connectivity index (χ0) is 22.1. The van der Waals surface area contributed by atoms with E-state index in [1.54, 1.807) is 0 Å². The molecule has 3 aromatic carbocycles. The van der Waals surface area contributed by atoms with Gasteiger partial charge in [0.15, 0.2) is 0 Å². The zero-order valence-corrected chi connectivity index (χ0v) is 18.5. The normalized spacial score (nSPS) is 14.1. The van der Waals surface area contributed by atoms with Gasteiger partial charge >= 0.3 is 0 Å². The molecule has 0 unspecified atom stereocenters. The molecule has 1 saturated heterocycles. The molecule has 0 atom stereocenters. The number of nitrogens with zero attached hydrogens (tertiary/aromatic N) is 4. The summed E-state index contributed by atoms with van der Waals surface area (Å²) >= 11 is 0. The number of anilines is 1. The van der Waals surface area contributed by atoms with Gasteiger partial charge < -0.3 is 9.80 Å². The van der Waals surface area contributed by atoms with Gasteiger partial charge in [0.25, 0.3) is 5.91 Å². The van der Waals surface area contributed by atoms with Crippen molar-refractivity contribution >= 4 is 22.5 Å². The molecule has 0 spiro atoms. The number of aromatic nitrogens is 2. The first-order valence-electron chi connectivity index (χ1n) is 11.0. The van der Waals surface area contributed by atoms with Crippen LogP contribution in [0.15, 0.2) is 72.8 Å². The van der Waals surface area contributed by atoms with Crippen molar-refractivity contribution in [2.75, 3.05) is 31.1 Å². The fourth-order valence-electron chi connectivity index (χ4n) is 4.54. The highest BCUT2D eigenvalue weighted by Crippen LogP contribution is 2.29. The molecule has 5 heteroatoms. The van der Waals surface area contributed by atoms with Gasteiger partial charge in [0.2, 0.25) is 0 Å². The van der Waals surface area contributed by atoms with E-state index in [2.05, 4.69) is 47.1 Å². The van der Waals surface area contributed by atoms with Crippen LogP contribution in [0.1, 0.15) is 21.5 Å². The first-order chi connectivity index (χ1) is 15.6. The summed E-state index contributed by atoms with van der Waals surface area (Å²) < 4.78 is 0. The second-order valence-electron chi connectivity index (χ2n) is 8.38. The molecule has 5 nitrogen and oxygen atoms in total. The Kier molecular flexibility index (Phi) is 5.31. The van der Waals surface area contributed by atoms with E-state index in [1.807, 2.05) is 59.5 Å². The van der Waals surface area contributed by atoms with Crippen molar-refractivity contribution in [2.24, 2.45) is 0 Å². The third kappa shape index (κ3) is 3.71. The smallest absolute Gasteiger partial charge is 0.256 e. The largest absolute Gasteiger partial charge is 0.368 e. The highest BCUT2D eigenvalue weighted by molar-refractivity contribution is 6.10. The van der Waals surface area contributed by atoms with Gasteiger partial charge in [0.1, 0.15) is 5.69 Å². The molecule has 0 aliphatic carbocycles. The van der Waals surface area contributed by atoms with Crippen molar-refractivity contribution in [3.63, 3.8) is 0 Å². The number of hydrogen-bond acceptors (Lipinski definition) is 4. The van der Waals surface area contributed by atoms with Crippen molar-refractivity contribution < 1.29 is 4.79 Å². The van der Waals surface area contributed by atoms with Crippen molar-refractivity contribution in [3.05, 3.63) is 89.5 Å². The van der Waals surface area contributed by atoms with Crippen LogP contribution in [-0.4, -0.2) is 47.2 Å². The second-order valence-corrected chi connectivity index (χ2v) is 8.38. The second kappa shape index (κ2) is 8.42. The van der Waals surface area contributed by atoms with Gasteiger partial charge in [-0.3, -0.25) is 4.79 Å². The minimum atomic E-state index is 0.0234. The van der Waals surface area contributed by atoms with Crippen LogP contribution in [0.4, 0.5) is 5.69 Å².